The van der Waals surface area contributed by atoms with Crippen LogP contribution in [-0.2, 0) is 6.42 Å². The summed E-state index contributed by atoms with van der Waals surface area (Å²) in [6.07, 6.45) is 1.03. The summed E-state index contributed by atoms with van der Waals surface area (Å²) in [4.78, 5) is 2.80. The van der Waals surface area contributed by atoms with Crippen LogP contribution in [0.3, 0.4) is 0 Å². The van der Waals surface area contributed by atoms with Crippen molar-refractivity contribution < 1.29 is 0 Å². The molecule has 20 heavy (non-hydrogen) atoms. The van der Waals surface area contributed by atoms with E-state index in [1.165, 1.54) is 19.0 Å². The van der Waals surface area contributed by atoms with Gasteiger partial charge >= 0.3 is 0 Å². The van der Waals surface area contributed by atoms with Gasteiger partial charge in [-0.05, 0) is 69.7 Å². The third-order valence-electron chi connectivity index (χ3n) is 3.06. The highest BCUT2D eigenvalue weighted by atomic mass is 127. The number of anilines is 1. The molecule has 0 amide bonds. The van der Waals surface area contributed by atoms with Gasteiger partial charge in [0.05, 0.1) is 6.04 Å². The van der Waals surface area contributed by atoms with Crippen molar-refractivity contribution in [1.29, 1.82) is 0 Å². The van der Waals surface area contributed by atoms with Crippen molar-refractivity contribution in [2.75, 3.05) is 5.32 Å². The van der Waals surface area contributed by atoms with Crippen LogP contribution < -0.4 is 5.32 Å². The Kier molecular flexibility index (Phi) is 4.75. The average Bonchev–Trinajstić information content (AvgIpc) is 3.12. The van der Waals surface area contributed by atoms with Crippen LogP contribution in [0.2, 0.25) is 0 Å². The highest BCUT2D eigenvalue weighted by molar-refractivity contribution is 14.1. The molecule has 0 saturated heterocycles. The van der Waals surface area contributed by atoms with Crippen LogP contribution in [0.5, 0.6) is 0 Å². The van der Waals surface area contributed by atoms with Crippen LogP contribution in [0.1, 0.15) is 15.8 Å². The normalized spacial score (nSPS) is 12.2. The van der Waals surface area contributed by atoms with Gasteiger partial charge < -0.3 is 5.32 Å². The Hall–Kier alpha value is -0.850. The van der Waals surface area contributed by atoms with Gasteiger partial charge in [-0.3, -0.25) is 0 Å². The van der Waals surface area contributed by atoms with E-state index in [1.54, 1.807) is 0 Å². The van der Waals surface area contributed by atoms with Crippen molar-refractivity contribution >= 4 is 51.0 Å². The Balaban J connectivity index is 1.80. The van der Waals surface area contributed by atoms with E-state index in [2.05, 4.69) is 87.2 Å². The molecular weight excluding hydrogens is 397 g/mol. The molecule has 1 aromatic carbocycles. The van der Waals surface area contributed by atoms with E-state index in [-0.39, 0.29) is 0 Å². The lowest BCUT2D eigenvalue weighted by Gasteiger charge is -2.18. The third kappa shape index (κ3) is 3.62. The van der Waals surface area contributed by atoms with Gasteiger partial charge in [-0.1, -0.05) is 12.1 Å². The Labute approximate surface area is 140 Å². The number of thiophene rings is 2. The lowest BCUT2D eigenvalue weighted by atomic mass is 10.1. The molecule has 0 aliphatic carbocycles. The SMILES string of the molecule is Ic1ccc(NC(Cc2cccs2)c2cccs2)cc1. The number of rotatable bonds is 5. The Morgan fingerprint density at radius 2 is 1.70 bits per heavy atom. The first-order chi connectivity index (χ1) is 9.81. The highest BCUT2D eigenvalue weighted by Crippen LogP contribution is 2.28. The third-order valence-corrected chi connectivity index (χ3v) is 5.66. The lowest BCUT2D eigenvalue weighted by molar-refractivity contribution is 0.802. The van der Waals surface area contributed by atoms with Gasteiger partial charge in [0.25, 0.3) is 0 Å². The van der Waals surface area contributed by atoms with Crippen molar-refractivity contribution in [2.24, 2.45) is 0 Å². The summed E-state index contributed by atoms with van der Waals surface area (Å²) < 4.78 is 1.26. The highest BCUT2D eigenvalue weighted by Gasteiger charge is 2.14. The van der Waals surface area contributed by atoms with Gasteiger partial charge in [-0.15, -0.1) is 22.7 Å². The largest absolute Gasteiger partial charge is 0.377 e. The molecule has 3 aromatic rings. The number of nitrogens with one attached hydrogen (secondary N) is 1. The molecule has 0 saturated carbocycles. The van der Waals surface area contributed by atoms with Gasteiger partial charge in [0.2, 0.25) is 0 Å². The van der Waals surface area contributed by atoms with Gasteiger partial charge in [0, 0.05) is 25.4 Å². The van der Waals surface area contributed by atoms with Crippen molar-refractivity contribution in [3.63, 3.8) is 0 Å². The zero-order chi connectivity index (χ0) is 13.8. The molecule has 4 heteroatoms. The summed E-state index contributed by atoms with van der Waals surface area (Å²) >= 11 is 5.98. The van der Waals surface area contributed by atoms with Crippen molar-refractivity contribution in [1.82, 2.24) is 0 Å². The summed E-state index contributed by atoms with van der Waals surface area (Å²) in [6.45, 7) is 0. The summed E-state index contributed by atoms with van der Waals surface area (Å²) in [5.41, 5.74) is 1.18. The van der Waals surface area contributed by atoms with Crippen LogP contribution in [0, 0.1) is 3.57 Å². The molecule has 3 rings (SSSR count). The number of benzene rings is 1. The predicted molar refractivity (Wildman–Crippen MR) is 97.9 cm³/mol. The first-order valence-electron chi connectivity index (χ1n) is 6.39. The molecule has 0 radical (unpaired) electrons. The van der Waals surface area contributed by atoms with E-state index in [0.29, 0.717) is 6.04 Å². The summed E-state index contributed by atoms with van der Waals surface area (Å²) in [5, 5.41) is 7.95. The number of halogens is 1. The molecule has 1 unspecified atom stereocenters. The smallest absolute Gasteiger partial charge is 0.0654 e. The monoisotopic (exact) mass is 411 g/mol. The fourth-order valence-electron chi connectivity index (χ4n) is 2.09. The maximum atomic E-state index is 3.66. The molecule has 1 nitrogen and oxygen atoms in total. The summed E-state index contributed by atoms with van der Waals surface area (Å²) in [7, 11) is 0. The van der Waals surface area contributed by atoms with Crippen molar-refractivity contribution in [3.05, 3.63) is 72.6 Å². The fraction of sp³-hybridized carbons (Fsp3) is 0.125. The number of hydrogen-bond donors (Lipinski definition) is 1. The molecular formula is C16H14INS2. The van der Waals surface area contributed by atoms with Crippen molar-refractivity contribution in [2.45, 2.75) is 12.5 Å². The minimum absolute atomic E-state index is 0.341. The molecule has 0 bridgehead atoms. The van der Waals surface area contributed by atoms with E-state index in [0.717, 1.165) is 6.42 Å². The second kappa shape index (κ2) is 6.74. The molecule has 1 N–H and O–H groups in total. The van der Waals surface area contributed by atoms with Crippen LogP contribution in [0.4, 0.5) is 5.69 Å². The minimum Gasteiger partial charge on any atom is -0.377 e. The molecule has 0 aliphatic rings. The van der Waals surface area contributed by atoms with E-state index in [1.807, 2.05) is 22.7 Å². The van der Waals surface area contributed by atoms with Gasteiger partial charge in [-0.2, -0.15) is 0 Å². The summed E-state index contributed by atoms with van der Waals surface area (Å²) in [6, 6.07) is 17.6. The van der Waals surface area contributed by atoms with E-state index in [9.17, 15) is 0 Å². The van der Waals surface area contributed by atoms with Crippen LogP contribution in [0.15, 0.2) is 59.3 Å². The molecule has 0 spiro atoms. The van der Waals surface area contributed by atoms with Crippen LogP contribution in [-0.4, -0.2) is 0 Å². The number of hydrogen-bond acceptors (Lipinski definition) is 3. The maximum absolute atomic E-state index is 3.66. The first-order valence-corrected chi connectivity index (χ1v) is 9.23. The maximum Gasteiger partial charge on any atom is 0.0654 e. The molecule has 1 atom stereocenters. The van der Waals surface area contributed by atoms with Crippen molar-refractivity contribution in [3.8, 4) is 0 Å². The second-order valence-corrected chi connectivity index (χ2v) is 7.76. The van der Waals surface area contributed by atoms with Gasteiger partial charge in [0.15, 0.2) is 0 Å². The van der Waals surface area contributed by atoms with Crippen LogP contribution in [0.25, 0.3) is 0 Å². The fourth-order valence-corrected chi connectivity index (χ4v) is 3.98. The standard InChI is InChI=1S/C16H14INS2/c17-12-5-7-13(8-6-12)18-15(16-4-2-10-20-16)11-14-3-1-9-19-14/h1-10,15,18H,11H2. The molecule has 0 fully saturated rings. The Bertz CT molecular complexity index is 630. The van der Waals surface area contributed by atoms with Gasteiger partial charge in [0.1, 0.15) is 0 Å². The van der Waals surface area contributed by atoms with E-state index in [4.69, 9.17) is 0 Å². The first kappa shape index (κ1) is 14.1. The molecule has 2 heterocycles. The zero-order valence-electron chi connectivity index (χ0n) is 10.8. The molecule has 2 aromatic heterocycles. The van der Waals surface area contributed by atoms with Crippen LogP contribution >= 0.6 is 45.3 Å². The van der Waals surface area contributed by atoms with Gasteiger partial charge in [-0.25, -0.2) is 0 Å². The van der Waals surface area contributed by atoms with E-state index >= 15 is 0 Å². The second-order valence-electron chi connectivity index (χ2n) is 4.50. The van der Waals surface area contributed by atoms with E-state index < -0.39 is 0 Å². The molecule has 0 aliphatic heterocycles. The lowest BCUT2D eigenvalue weighted by Crippen LogP contribution is -2.11. The summed E-state index contributed by atoms with van der Waals surface area (Å²) in [5.74, 6) is 0. The quantitative estimate of drug-likeness (QED) is 0.523. The minimum atomic E-state index is 0.341. The topological polar surface area (TPSA) is 12.0 Å². The zero-order valence-corrected chi connectivity index (χ0v) is 14.5. The molecule has 102 valence electrons. The predicted octanol–water partition coefficient (Wildman–Crippen LogP) is 5.81. The Morgan fingerprint density at radius 3 is 2.35 bits per heavy atom. The average molecular weight is 411 g/mol. The Morgan fingerprint density at radius 1 is 0.950 bits per heavy atom.